The molecule has 1 aromatic carbocycles. The zero-order valence-electron chi connectivity index (χ0n) is 19.8. The Kier molecular flexibility index (Phi) is 6.68. The molecule has 1 atom stereocenters. The quantitative estimate of drug-likeness (QED) is 0.346. The summed E-state index contributed by atoms with van der Waals surface area (Å²) in [6.45, 7) is 4.22. The van der Waals surface area contributed by atoms with Gasteiger partial charge in [0.15, 0.2) is 11.5 Å². The van der Waals surface area contributed by atoms with Crippen LogP contribution in [0.25, 0.3) is 0 Å². The highest BCUT2D eigenvalue weighted by Gasteiger charge is 2.38. The van der Waals surface area contributed by atoms with Crippen molar-refractivity contribution < 1.29 is 14.6 Å². The molecule has 0 aliphatic carbocycles. The van der Waals surface area contributed by atoms with Crippen LogP contribution in [-0.4, -0.2) is 31.3 Å². The molecule has 4 rings (SSSR count). The first-order valence-electron chi connectivity index (χ1n) is 11.6. The predicted octanol–water partition coefficient (Wildman–Crippen LogP) is 1.99. The van der Waals surface area contributed by atoms with Crippen molar-refractivity contribution in [3.8, 4) is 23.3 Å². The molecule has 0 amide bonds. The van der Waals surface area contributed by atoms with Gasteiger partial charge in [0.2, 0.25) is 11.8 Å². The molecule has 3 aromatic rings. The molecule has 0 spiro atoms. The number of unbranched alkanes of at least 4 members (excludes halogenated alkanes) is 2. The molecule has 0 bridgehead atoms. The third kappa shape index (κ3) is 4.07. The number of aromatic hydroxyl groups is 1. The zero-order valence-corrected chi connectivity index (χ0v) is 19.8. The van der Waals surface area contributed by atoms with Crippen molar-refractivity contribution in [1.29, 1.82) is 0 Å². The fourth-order valence-corrected chi connectivity index (χ4v) is 4.37. The molecule has 2 aromatic heterocycles. The summed E-state index contributed by atoms with van der Waals surface area (Å²) in [7, 11) is 1.43. The highest BCUT2D eigenvalue weighted by molar-refractivity contribution is 5.61. The van der Waals surface area contributed by atoms with E-state index < -0.39 is 34.3 Å². The Labute approximate surface area is 199 Å². The van der Waals surface area contributed by atoms with Crippen molar-refractivity contribution >= 4 is 0 Å². The van der Waals surface area contributed by atoms with Gasteiger partial charge in [-0.25, -0.2) is 9.59 Å². The van der Waals surface area contributed by atoms with E-state index in [1.807, 2.05) is 13.8 Å². The number of aromatic nitrogens is 4. The lowest BCUT2D eigenvalue weighted by Gasteiger charge is -2.29. The number of aromatic amines is 2. The number of nitrogens with one attached hydrogen (secondary N) is 2. The Hall–Kier alpha value is -4.02. The van der Waals surface area contributed by atoms with Crippen LogP contribution >= 0.6 is 0 Å². The highest BCUT2D eigenvalue weighted by atomic mass is 16.5. The number of para-hydroxylation sites is 1. The van der Waals surface area contributed by atoms with Crippen LogP contribution in [0.2, 0.25) is 0 Å². The van der Waals surface area contributed by atoms with Crippen LogP contribution in [0.1, 0.15) is 62.1 Å². The van der Waals surface area contributed by atoms with E-state index in [0.717, 1.165) is 22.0 Å². The van der Waals surface area contributed by atoms with Gasteiger partial charge in [0.1, 0.15) is 0 Å². The number of nitrogens with zero attached hydrogens (tertiary/aromatic N) is 2. The molecule has 1 unspecified atom stereocenters. The van der Waals surface area contributed by atoms with Gasteiger partial charge in [-0.05, 0) is 18.9 Å². The van der Waals surface area contributed by atoms with Gasteiger partial charge in [0.25, 0.3) is 11.1 Å². The molecule has 11 heteroatoms. The van der Waals surface area contributed by atoms with Gasteiger partial charge in [-0.2, -0.15) is 0 Å². The lowest BCUT2D eigenvalue weighted by atomic mass is 9.84. The van der Waals surface area contributed by atoms with E-state index in [2.05, 4.69) is 9.97 Å². The molecule has 186 valence electrons. The number of fused-ring (bicyclic) bond motifs is 2. The number of hydrogen-bond donors (Lipinski definition) is 3. The average Bonchev–Trinajstić information content (AvgIpc) is 2.82. The average molecular weight is 485 g/mol. The molecule has 3 heterocycles. The largest absolute Gasteiger partial charge is 0.494 e. The molecule has 1 aliphatic rings. The zero-order chi connectivity index (χ0) is 25.3. The maximum absolute atomic E-state index is 13.6. The minimum atomic E-state index is -1.13. The number of ether oxygens (including phenoxy) is 2. The minimum absolute atomic E-state index is 0.0112. The summed E-state index contributed by atoms with van der Waals surface area (Å²) in [6.07, 6.45) is 2.69. The molecule has 11 nitrogen and oxygen atoms in total. The molecular formula is C24H28N4O7. The summed E-state index contributed by atoms with van der Waals surface area (Å²) >= 11 is 0. The monoisotopic (exact) mass is 484 g/mol. The Bertz CT molecular complexity index is 1490. The predicted molar refractivity (Wildman–Crippen MR) is 128 cm³/mol. The summed E-state index contributed by atoms with van der Waals surface area (Å²) < 4.78 is 13.5. The third-order valence-corrected chi connectivity index (χ3v) is 6.18. The lowest BCUT2D eigenvalue weighted by molar-refractivity contribution is 0.354. The minimum Gasteiger partial charge on any atom is -0.494 e. The molecule has 0 fully saturated rings. The van der Waals surface area contributed by atoms with Gasteiger partial charge in [-0.1, -0.05) is 38.8 Å². The first-order chi connectivity index (χ1) is 16.8. The van der Waals surface area contributed by atoms with E-state index in [9.17, 15) is 24.3 Å². The number of benzene rings is 1. The van der Waals surface area contributed by atoms with Crippen LogP contribution in [0.3, 0.4) is 0 Å². The molecule has 0 saturated heterocycles. The van der Waals surface area contributed by atoms with Gasteiger partial charge in [-0.3, -0.25) is 28.7 Å². The fraction of sp³-hybridized carbons (Fsp3) is 0.417. The molecule has 35 heavy (non-hydrogen) atoms. The highest BCUT2D eigenvalue weighted by Crippen LogP contribution is 2.49. The Morgan fingerprint density at radius 2 is 1.63 bits per heavy atom. The van der Waals surface area contributed by atoms with Gasteiger partial charge < -0.3 is 14.6 Å². The molecule has 0 radical (unpaired) electrons. The molecular weight excluding hydrogens is 456 g/mol. The van der Waals surface area contributed by atoms with Crippen molar-refractivity contribution in [2.45, 2.75) is 58.5 Å². The molecule has 1 aliphatic heterocycles. The maximum Gasteiger partial charge on any atom is 0.331 e. The number of hydrogen-bond acceptors (Lipinski definition) is 7. The molecule has 3 N–H and O–H groups in total. The second kappa shape index (κ2) is 9.69. The Morgan fingerprint density at radius 3 is 2.29 bits per heavy atom. The van der Waals surface area contributed by atoms with Crippen LogP contribution < -0.4 is 32.0 Å². The standard InChI is InChI=1S/C24H28N4O7/c1-4-6-11-27-21(30)16(19(29)25-23(27)32)15-13-9-8-10-14(34-3)18(13)35-20-17(15)22(31)28(12-7-5-2)24(33)26-20/h8-10,15,30H,4-7,11-12H2,1-3H3,(H,26,33)(H,25,29,32). The summed E-state index contributed by atoms with van der Waals surface area (Å²) in [5.74, 6) is -1.30. The third-order valence-electron chi connectivity index (χ3n) is 6.18. The van der Waals surface area contributed by atoms with E-state index in [1.54, 1.807) is 18.2 Å². The second-order valence-electron chi connectivity index (χ2n) is 8.40. The summed E-state index contributed by atoms with van der Waals surface area (Å²) in [5.41, 5.74) is -2.69. The Balaban J connectivity index is 2.09. The summed E-state index contributed by atoms with van der Waals surface area (Å²) in [4.78, 5) is 56.8. The van der Waals surface area contributed by atoms with Crippen molar-refractivity contribution in [1.82, 2.24) is 19.1 Å². The first-order valence-corrected chi connectivity index (χ1v) is 11.6. The van der Waals surface area contributed by atoms with Crippen molar-refractivity contribution in [3.63, 3.8) is 0 Å². The lowest BCUT2D eigenvalue weighted by Crippen LogP contribution is -2.41. The Morgan fingerprint density at radius 1 is 0.971 bits per heavy atom. The van der Waals surface area contributed by atoms with E-state index in [-0.39, 0.29) is 35.8 Å². The van der Waals surface area contributed by atoms with Gasteiger partial charge in [-0.15, -0.1) is 0 Å². The van der Waals surface area contributed by atoms with E-state index >= 15 is 0 Å². The van der Waals surface area contributed by atoms with Crippen molar-refractivity contribution in [3.05, 3.63) is 76.6 Å². The number of rotatable bonds is 8. The van der Waals surface area contributed by atoms with Crippen LogP contribution in [0.5, 0.6) is 23.3 Å². The van der Waals surface area contributed by atoms with Crippen molar-refractivity contribution in [2.75, 3.05) is 7.11 Å². The van der Waals surface area contributed by atoms with Crippen LogP contribution in [0.4, 0.5) is 0 Å². The number of H-pyrrole nitrogens is 2. The summed E-state index contributed by atoms with van der Waals surface area (Å²) in [5, 5.41) is 11.2. The van der Waals surface area contributed by atoms with E-state index in [0.29, 0.717) is 24.2 Å². The van der Waals surface area contributed by atoms with Crippen molar-refractivity contribution in [2.24, 2.45) is 0 Å². The van der Waals surface area contributed by atoms with E-state index in [1.165, 1.54) is 7.11 Å². The van der Waals surface area contributed by atoms with Gasteiger partial charge in [0, 0.05) is 18.7 Å². The van der Waals surface area contributed by atoms with Gasteiger partial charge >= 0.3 is 11.4 Å². The number of methoxy groups -OCH3 is 1. The second-order valence-corrected chi connectivity index (χ2v) is 8.40. The maximum atomic E-state index is 13.6. The van der Waals surface area contributed by atoms with Crippen LogP contribution in [0.15, 0.2) is 37.4 Å². The normalized spacial score (nSPS) is 14.2. The fourth-order valence-electron chi connectivity index (χ4n) is 4.37. The van der Waals surface area contributed by atoms with E-state index in [4.69, 9.17) is 9.47 Å². The van der Waals surface area contributed by atoms with Crippen LogP contribution in [0, 0.1) is 0 Å². The first kappa shape index (κ1) is 24.1. The SMILES string of the molecule is CCCCn1c(O)c(C2c3cccc(OC)c3Oc3[nH]c(=O)n(CCCC)c(=O)c32)c(=O)[nH]c1=O. The van der Waals surface area contributed by atoms with Crippen LogP contribution in [-0.2, 0) is 13.1 Å². The smallest absolute Gasteiger partial charge is 0.331 e. The topological polar surface area (TPSA) is 148 Å². The van der Waals surface area contributed by atoms with Gasteiger partial charge in [0.05, 0.1) is 24.2 Å². The molecule has 0 saturated carbocycles. The summed E-state index contributed by atoms with van der Waals surface area (Å²) in [6, 6.07) is 4.94.